The van der Waals surface area contributed by atoms with E-state index in [-0.39, 0.29) is 6.10 Å². The van der Waals surface area contributed by atoms with Gasteiger partial charge in [0.15, 0.2) is 0 Å². The summed E-state index contributed by atoms with van der Waals surface area (Å²) >= 11 is 0. The summed E-state index contributed by atoms with van der Waals surface area (Å²) in [6.45, 7) is 0.578. The van der Waals surface area contributed by atoms with Gasteiger partial charge in [-0.25, -0.2) is 0 Å². The van der Waals surface area contributed by atoms with Gasteiger partial charge in [0.05, 0.1) is 18.3 Å². The predicted octanol–water partition coefficient (Wildman–Crippen LogP) is 0.264. The smallest absolute Gasteiger partial charge is 0.0633 e. The number of hydrogen-bond acceptors (Lipinski definition) is 3. The van der Waals surface area contributed by atoms with Crippen LogP contribution in [0.2, 0.25) is 0 Å². The van der Waals surface area contributed by atoms with Gasteiger partial charge in [0.25, 0.3) is 0 Å². The lowest BCUT2D eigenvalue weighted by Gasteiger charge is -2.23. The Morgan fingerprint density at radius 1 is 1.50 bits per heavy atom. The minimum absolute atomic E-state index is 0.231. The fourth-order valence-electron chi connectivity index (χ4n) is 2.47. The van der Waals surface area contributed by atoms with Gasteiger partial charge < -0.3 is 15.6 Å². The van der Waals surface area contributed by atoms with Crippen molar-refractivity contribution in [2.75, 3.05) is 6.54 Å². The predicted molar refractivity (Wildman–Crippen MR) is 45.7 cm³/mol. The Kier molecular flexibility index (Phi) is 2.35. The molecule has 0 aromatic heterocycles. The monoisotopic (exact) mass is 171 g/mol. The molecule has 4 atom stereocenters. The molecule has 0 radical (unpaired) electrons. The third kappa shape index (κ3) is 1.37. The molecule has 2 rings (SSSR count). The van der Waals surface area contributed by atoms with Crippen LogP contribution in [0.15, 0.2) is 0 Å². The molecule has 0 saturated carbocycles. The van der Waals surface area contributed by atoms with Gasteiger partial charge >= 0.3 is 0 Å². The molecule has 0 amide bonds. The molecule has 2 saturated heterocycles. The van der Waals surface area contributed by atoms with Crippen LogP contribution in [0.4, 0.5) is 0 Å². The normalized spacial score (nSPS) is 42.0. The van der Waals surface area contributed by atoms with Crippen LogP contribution >= 0.6 is 0 Å². The van der Waals surface area contributed by atoms with Crippen molar-refractivity contribution < 1.29 is 9.84 Å². The zero-order valence-corrected chi connectivity index (χ0v) is 7.28. The standard InChI is InChI=1S/C9H17NO2/c10-4-3-8(11)7-5-6-1-2-9(7)12-6/h6-9,11H,1-5,10H2/t6?,7?,8-,9?/m1/s1. The van der Waals surface area contributed by atoms with E-state index >= 15 is 0 Å². The fourth-order valence-corrected chi connectivity index (χ4v) is 2.47. The van der Waals surface area contributed by atoms with E-state index in [2.05, 4.69) is 0 Å². The largest absolute Gasteiger partial charge is 0.393 e. The second kappa shape index (κ2) is 3.32. The SMILES string of the molecule is NCC[C@@H](O)C1CC2CCC1O2. The van der Waals surface area contributed by atoms with E-state index < -0.39 is 0 Å². The molecule has 2 bridgehead atoms. The van der Waals surface area contributed by atoms with E-state index in [0.717, 1.165) is 19.3 Å². The lowest BCUT2D eigenvalue weighted by molar-refractivity contribution is 0.0401. The van der Waals surface area contributed by atoms with Crippen molar-refractivity contribution >= 4 is 0 Å². The summed E-state index contributed by atoms with van der Waals surface area (Å²) in [6.07, 6.45) is 4.63. The Labute approximate surface area is 72.9 Å². The average molecular weight is 171 g/mol. The molecular weight excluding hydrogens is 154 g/mol. The van der Waals surface area contributed by atoms with Gasteiger partial charge in [0, 0.05) is 5.92 Å². The molecular formula is C9H17NO2. The molecule has 0 aromatic rings. The Morgan fingerprint density at radius 3 is 2.83 bits per heavy atom. The van der Waals surface area contributed by atoms with Crippen molar-refractivity contribution in [3.63, 3.8) is 0 Å². The molecule has 2 aliphatic rings. The minimum atomic E-state index is -0.231. The van der Waals surface area contributed by atoms with Crippen molar-refractivity contribution in [3.8, 4) is 0 Å². The first-order valence-electron chi connectivity index (χ1n) is 4.85. The maximum absolute atomic E-state index is 9.71. The summed E-state index contributed by atoms with van der Waals surface area (Å²) in [4.78, 5) is 0. The first-order valence-corrected chi connectivity index (χ1v) is 4.85. The highest BCUT2D eigenvalue weighted by atomic mass is 16.5. The van der Waals surface area contributed by atoms with Crippen LogP contribution in [0, 0.1) is 5.92 Å². The highest BCUT2D eigenvalue weighted by Gasteiger charge is 2.43. The summed E-state index contributed by atoms with van der Waals surface area (Å²) < 4.78 is 5.65. The van der Waals surface area contributed by atoms with Crippen LogP contribution in [0.5, 0.6) is 0 Å². The third-order valence-electron chi connectivity index (χ3n) is 3.11. The van der Waals surface area contributed by atoms with Crippen LogP contribution < -0.4 is 5.73 Å². The number of hydrogen-bond donors (Lipinski definition) is 2. The molecule has 3 heteroatoms. The van der Waals surface area contributed by atoms with Crippen molar-refractivity contribution in [1.29, 1.82) is 0 Å². The first-order chi connectivity index (χ1) is 5.81. The molecule has 12 heavy (non-hydrogen) atoms. The minimum Gasteiger partial charge on any atom is -0.393 e. The van der Waals surface area contributed by atoms with E-state index in [1.807, 2.05) is 0 Å². The van der Waals surface area contributed by atoms with E-state index in [1.165, 1.54) is 6.42 Å². The van der Waals surface area contributed by atoms with E-state index in [0.29, 0.717) is 24.7 Å². The van der Waals surface area contributed by atoms with E-state index in [4.69, 9.17) is 10.5 Å². The zero-order valence-electron chi connectivity index (χ0n) is 7.28. The van der Waals surface area contributed by atoms with Crippen molar-refractivity contribution in [3.05, 3.63) is 0 Å². The lowest BCUT2D eigenvalue weighted by Crippen LogP contribution is -2.30. The Morgan fingerprint density at radius 2 is 2.33 bits per heavy atom. The second-order valence-electron chi connectivity index (χ2n) is 3.92. The van der Waals surface area contributed by atoms with Gasteiger partial charge in [0.1, 0.15) is 0 Å². The summed E-state index contributed by atoms with van der Waals surface area (Å²) in [6, 6.07) is 0. The van der Waals surface area contributed by atoms with Crippen LogP contribution in [0.3, 0.4) is 0 Å². The van der Waals surface area contributed by atoms with Crippen LogP contribution in [-0.2, 0) is 4.74 Å². The van der Waals surface area contributed by atoms with Gasteiger partial charge in [-0.1, -0.05) is 0 Å². The highest BCUT2D eigenvalue weighted by Crippen LogP contribution is 2.40. The highest BCUT2D eigenvalue weighted by molar-refractivity contribution is 4.92. The van der Waals surface area contributed by atoms with Crippen LogP contribution in [0.25, 0.3) is 0 Å². The maximum atomic E-state index is 9.71. The zero-order chi connectivity index (χ0) is 8.55. The van der Waals surface area contributed by atoms with Gasteiger partial charge in [-0.2, -0.15) is 0 Å². The third-order valence-corrected chi connectivity index (χ3v) is 3.11. The number of ether oxygens (including phenoxy) is 1. The number of aliphatic hydroxyl groups excluding tert-OH is 1. The van der Waals surface area contributed by atoms with Gasteiger partial charge in [-0.15, -0.1) is 0 Å². The molecule has 2 aliphatic heterocycles. The lowest BCUT2D eigenvalue weighted by atomic mass is 9.84. The molecule has 3 unspecified atom stereocenters. The average Bonchev–Trinajstić information content (AvgIpc) is 2.64. The quantitative estimate of drug-likeness (QED) is 0.640. The molecule has 3 nitrogen and oxygen atoms in total. The van der Waals surface area contributed by atoms with Crippen LogP contribution in [-0.4, -0.2) is 30.0 Å². The first kappa shape index (κ1) is 8.48. The van der Waals surface area contributed by atoms with Crippen molar-refractivity contribution in [1.82, 2.24) is 0 Å². The summed E-state index contributed by atoms with van der Waals surface area (Å²) in [5.74, 6) is 0.368. The van der Waals surface area contributed by atoms with E-state index in [9.17, 15) is 5.11 Å². The Balaban J connectivity index is 1.89. The second-order valence-corrected chi connectivity index (χ2v) is 3.92. The van der Waals surface area contributed by atoms with Crippen LogP contribution in [0.1, 0.15) is 25.7 Å². The molecule has 0 spiro atoms. The Hall–Kier alpha value is -0.120. The molecule has 0 aliphatic carbocycles. The molecule has 70 valence electrons. The molecule has 2 heterocycles. The maximum Gasteiger partial charge on any atom is 0.0633 e. The molecule has 3 N–H and O–H groups in total. The number of aliphatic hydroxyl groups is 1. The fraction of sp³-hybridized carbons (Fsp3) is 1.00. The summed E-state index contributed by atoms with van der Waals surface area (Å²) in [5.41, 5.74) is 5.39. The van der Waals surface area contributed by atoms with Gasteiger partial charge in [0.2, 0.25) is 0 Å². The number of rotatable bonds is 3. The Bertz CT molecular complexity index is 163. The number of fused-ring (bicyclic) bond motifs is 2. The number of nitrogens with two attached hydrogens (primary N) is 1. The molecule has 0 aromatic carbocycles. The van der Waals surface area contributed by atoms with Gasteiger partial charge in [-0.3, -0.25) is 0 Å². The van der Waals surface area contributed by atoms with Crippen molar-refractivity contribution in [2.24, 2.45) is 11.7 Å². The van der Waals surface area contributed by atoms with Gasteiger partial charge in [-0.05, 0) is 32.2 Å². The topological polar surface area (TPSA) is 55.5 Å². The van der Waals surface area contributed by atoms with E-state index in [1.54, 1.807) is 0 Å². The summed E-state index contributed by atoms with van der Waals surface area (Å²) in [5, 5.41) is 9.71. The summed E-state index contributed by atoms with van der Waals surface area (Å²) in [7, 11) is 0. The van der Waals surface area contributed by atoms with Crippen molar-refractivity contribution in [2.45, 2.75) is 44.0 Å². The molecule has 2 fully saturated rings.